The lowest BCUT2D eigenvalue weighted by Gasteiger charge is -2.28. The van der Waals surface area contributed by atoms with E-state index in [1.165, 1.54) is 12.8 Å². The van der Waals surface area contributed by atoms with Gasteiger partial charge >= 0.3 is 0 Å². The molecule has 1 heterocycles. The summed E-state index contributed by atoms with van der Waals surface area (Å²) in [4.78, 5) is 3.41. The lowest BCUT2D eigenvalue weighted by molar-refractivity contribution is 0.271. The molecule has 0 bridgehead atoms. The van der Waals surface area contributed by atoms with Gasteiger partial charge in [-0.2, -0.15) is 0 Å². The highest BCUT2D eigenvalue weighted by atomic mass is 32.2. The van der Waals surface area contributed by atoms with E-state index in [2.05, 4.69) is 23.2 Å². The van der Waals surface area contributed by atoms with E-state index in [0.717, 1.165) is 48.3 Å². The predicted molar refractivity (Wildman–Crippen MR) is 82.8 cm³/mol. The fourth-order valence-electron chi connectivity index (χ4n) is 3.02. The van der Waals surface area contributed by atoms with Gasteiger partial charge in [0.25, 0.3) is 0 Å². The predicted octanol–water partition coefficient (Wildman–Crippen LogP) is 3.44. The molecule has 0 saturated heterocycles. The second-order valence-electron chi connectivity index (χ2n) is 5.66. The molecular formula is C16H23FN2S. The van der Waals surface area contributed by atoms with Gasteiger partial charge in [0.2, 0.25) is 0 Å². The lowest BCUT2D eigenvalue weighted by Crippen LogP contribution is -2.36. The summed E-state index contributed by atoms with van der Waals surface area (Å²) in [5.41, 5.74) is 1.15. The third-order valence-electron chi connectivity index (χ3n) is 4.28. The van der Waals surface area contributed by atoms with E-state index in [0.29, 0.717) is 6.04 Å². The van der Waals surface area contributed by atoms with Gasteiger partial charge in [-0.05, 0) is 43.2 Å². The molecule has 110 valence electrons. The van der Waals surface area contributed by atoms with Crippen LogP contribution in [-0.2, 0) is 0 Å². The molecule has 0 amide bonds. The van der Waals surface area contributed by atoms with E-state index in [1.807, 2.05) is 6.07 Å². The first-order valence-corrected chi connectivity index (χ1v) is 8.66. The minimum Gasteiger partial charge on any atom is -0.309 e. The maximum atomic E-state index is 13.8. The van der Waals surface area contributed by atoms with E-state index in [1.54, 1.807) is 17.8 Å². The van der Waals surface area contributed by atoms with Gasteiger partial charge in [0.05, 0.1) is 0 Å². The molecule has 1 aliphatic carbocycles. The van der Waals surface area contributed by atoms with Crippen molar-refractivity contribution in [3.63, 3.8) is 0 Å². The van der Waals surface area contributed by atoms with E-state index in [-0.39, 0.29) is 5.82 Å². The number of thioether (sulfide) groups is 1. The maximum absolute atomic E-state index is 13.8. The fourth-order valence-corrected chi connectivity index (χ4v) is 4.16. The highest BCUT2D eigenvalue weighted by Crippen LogP contribution is 2.37. The third kappa shape index (κ3) is 3.18. The molecule has 1 atom stereocenters. The number of likely N-dealkylation sites (N-methyl/N-ethyl adjacent to an activating group) is 1. The van der Waals surface area contributed by atoms with Crippen molar-refractivity contribution in [3.05, 3.63) is 29.6 Å². The van der Waals surface area contributed by atoms with Gasteiger partial charge in [0.1, 0.15) is 5.82 Å². The number of nitrogens with one attached hydrogen (secondary N) is 1. The molecule has 1 aliphatic heterocycles. The van der Waals surface area contributed by atoms with Gasteiger partial charge in [0.15, 0.2) is 0 Å². The molecule has 3 rings (SSSR count). The van der Waals surface area contributed by atoms with Crippen LogP contribution < -0.4 is 5.32 Å². The van der Waals surface area contributed by atoms with Crippen molar-refractivity contribution >= 4 is 11.8 Å². The van der Waals surface area contributed by atoms with Crippen LogP contribution in [0, 0.1) is 5.82 Å². The first-order chi connectivity index (χ1) is 9.79. The Morgan fingerprint density at radius 2 is 2.20 bits per heavy atom. The molecule has 1 fully saturated rings. The van der Waals surface area contributed by atoms with Crippen molar-refractivity contribution < 1.29 is 4.39 Å². The average molecular weight is 294 g/mol. The van der Waals surface area contributed by atoms with E-state index < -0.39 is 0 Å². The molecule has 1 unspecified atom stereocenters. The number of rotatable bonds is 6. The molecule has 0 radical (unpaired) electrons. The second-order valence-corrected chi connectivity index (χ2v) is 6.77. The van der Waals surface area contributed by atoms with Crippen molar-refractivity contribution in [2.45, 2.75) is 43.2 Å². The molecule has 0 spiro atoms. The van der Waals surface area contributed by atoms with Crippen LogP contribution in [0.5, 0.6) is 0 Å². The minimum absolute atomic E-state index is 0.0628. The Bertz CT molecular complexity index is 462. The van der Waals surface area contributed by atoms with Crippen molar-refractivity contribution in [1.82, 2.24) is 10.2 Å². The SMILES string of the molecule is CCN(CCNC1CCSc2c(F)cccc21)C1CC1. The van der Waals surface area contributed by atoms with Crippen LogP contribution in [0.4, 0.5) is 4.39 Å². The van der Waals surface area contributed by atoms with Gasteiger partial charge in [-0.1, -0.05) is 19.1 Å². The molecule has 2 aliphatic rings. The molecule has 2 nitrogen and oxygen atoms in total. The summed E-state index contributed by atoms with van der Waals surface area (Å²) < 4.78 is 13.8. The van der Waals surface area contributed by atoms with Crippen molar-refractivity contribution in [2.75, 3.05) is 25.4 Å². The standard InChI is InChI=1S/C16H23FN2S/c1-2-19(12-6-7-12)10-9-18-15-8-11-20-16-13(15)4-3-5-14(16)17/h3-5,12,15,18H,2,6-11H2,1H3. The smallest absolute Gasteiger partial charge is 0.137 e. The Hall–Kier alpha value is -0.580. The fraction of sp³-hybridized carbons (Fsp3) is 0.625. The summed E-state index contributed by atoms with van der Waals surface area (Å²) in [7, 11) is 0. The highest BCUT2D eigenvalue weighted by Gasteiger charge is 2.28. The zero-order valence-electron chi connectivity index (χ0n) is 12.1. The van der Waals surface area contributed by atoms with E-state index >= 15 is 0 Å². The van der Waals surface area contributed by atoms with Crippen LogP contribution in [0.3, 0.4) is 0 Å². The molecule has 20 heavy (non-hydrogen) atoms. The van der Waals surface area contributed by atoms with Gasteiger partial charge in [-0.15, -0.1) is 11.8 Å². The minimum atomic E-state index is -0.0628. The molecule has 1 aromatic carbocycles. The highest BCUT2D eigenvalue weighted by molar-refractivity contribution is 7.99. The monoisotopic (exact) mass is 294 g/mol. The first-order valence-electron chi connectivity index (χ1n) is 7.68. The third-order valence-corrected chi connectivity index (χ3v) is 5.44. The summed E-state index contributed by atoms with van der Waals surface area (Å²) in [5.74, 6) is 0.943. The Labute approximate surface area is 125 Å². The molecule has 0 aromatic heterocycles. The largest absolute Gasteiger partial charge is 0.309 e. The summed E-state index contributed by atoms with van der Waals surface area (Å²) in [6.45, 7) is 5.48. The quantitative estimate of drug-likeness (QED) is 0.865. The van der Waals surface area contributed by atoms with Crippen molar-refractivity contribution in [3.8, 4) is 0 Å². The topological polar surface area (TPSA) is 15.3 Å². The Kier molecular flexibility index (Phi) is 4.64. The Morgan fingerprint density at radius 3 is 2.95 bits per heavy atom. The van der Waals surface area contributed by atoms with Crippen LogP contribution >= 0.6 is 11.8 Å². The molecule has 1 N–H and O–H groups in total. The average Bonchev–Trinajstić information content (AvgIpc) is 3.29. The Balaban J connectivity index is 1.57. The van der Waals surface area contributed by atoms with Crippen LogP contribution in [0.25, 0.3) is 0 Å². The van der Waals surface area contributed by atoms with Gasteiger partial charge in [-0.25, -0.2) is 4.39 Å². The van der Waals surface area contributed by atoms with Gasteiger partial charge < -0.3 is 5.32 Å². The zero-order chi connectivity index (χ0) is 13.9. The maximum Gasteiger partial charge on any atom is 0.137 e. The molecule has 1 saturated carbocycles. The molecule has 4 heteroatoms. The van der Waals surface area contributed by atoms with Crippen LogP contribution in [0.2, 0.25) is 0 Å². The first kappa shape index (κ1) is 14.4. The zero-order valence-corrected chi connectivity index (χ0v) is 12.9. The van der Waals surface area contributed by atoms with E-state index in [9.17, 15) is 4.39 Å². The number of hydrogen-bond donors (Lipinski definition) is 1. The van der Waals surface area contributed by atoms with Crippen molar-refractivity contribution in [2.24, 2.45) is 0 Å². The molecular weight excluding hydrogens is 271 g/mol. The lowest BCUT2D eigenvalue weighted by atomic mass is 10.0. The number of hydrogen-bond acceptors (Lipinski definition) is 3. The summed E-state index contributed by atoms with van der Waals surface area (Å²) in [6.07, 6.45) is 3.82. The van der Waals surface area contributed by atoms with E-state index in [4.69, 9.17) is 0 Å². The number of fused-ring (bicyclic) bond motifs is 1. The van der Waals surface area contributed by atoms with Crippen LogP contribution in [0.15, 0.2) is 23.1 Å². The Morgan fingerprint density at radius 1 is 1.35 bits per heavy atom. The van der Waals surface area contributed by atoms with Gasteiger partial charge in [0, 0.05) is 30.1 Å². The number of halogens is 1. The van der Waals surface area contributed by atoms with Crippen LogP contribution in [-0.4, -0.2) is 36.3 Å². The second kappa shape index (κ2) is 6.46. The summed E-state index contributed by atoms with van der Waals surface area (Å²) in [5, 5.41) is 3.63. The van der Waals surface area contributed by atoms with Crippen molar-refractivity contribution in [1.29, 1.82) is 0 Å². The van der Waals surface area contributed by atoms with Gasteiger partial charge in [-0.3, -0.25) is 4.90 Å². The summed E-state index contributed by atoms with van der Waals surface area (Å²) in [6, 6.07) is 6.62. The normalized spacial score (nSPS) is 22.1. The molecule has 1 aromatic rings. The number of benzene rings is 1. The summed E-state index contributed by atoms with van der Waals surface area (Å²) >= 11 is 1.65. The van der Waals surface area contributed by atoms with Crippen LogP contribution in [0.1, 0.15) is 37.8 Å². The number of nitrogens with zero attached hydrogens (tertiary/aromatic N) is 1.